The number of ketones is 1. The molecule has 1 N–H and O–H groups in total. The first-order valence-corrected chi connectivity index (χ1v) is 6.11. The van der Waals surface area contributed by atoms with Gasteiger partial charge >= 0.3 is 6.18 Å². The molecule has 19 heavy (non-hydrogen) atoms. The number of hydrogen-bond donors (Lipinski definition) is 1. The van der Waals surface area contributed by atoms with E-state index in [1.54, 1.807) is 6.07 Å². The number of halogens is 3. The Morgan fingerprint density at radius 2 is 2.05 bits per heavy atom. The van der Waals surface area contributed by atoms with E-state index in [0.29, 0.717) is 10.9 Å². The van der Waals surface area contributed by atoms with E-state index < -0.39 is 24.8 Å². The van der Waals surface area contributed by atoms with Crippen molar-refractivity contribution in [3.8, 4) is 0 Å². The number of rotatable bonds is 4. The second-order valence-corrected chi connectivity index (χ2v) is 4.43. The van der Waals surface area contributed by atoms with Crippen LogP contribution in [0.1, 0.15) is 35.7 Å². The summed E-state index contributed by atoms with van der Waals surface area (Å²) in [5.41, 5.74) is 2.22. The van der Waals surface area contributed by atoms with Gasteiger partial charge in [0.25, 0.3) is 0 Å². The van der Waals surface area contributed by atoms with Crippen LogP contribution in [0.3, 0.4) is 0 Å². The van der Waals surface area contributed by atoms with E-state index in [-0.39, 0.29) is 0 Å². The van der Waals surface area contributed by atoms with Gasteiger partial charge in [-0.2, -0.15) is 13.2 Å². The Morgan fingerprint density at radius 3 is 2.68 bits per heavy atom. The highest BCUT2D eigenvalue weighted by molar-refractivity contribution is 6.08. The van der Waals surface area contributed by atoms with Gasteiger partial charge in [0.2, 0.25) is 0 Å². The fourth-order valence-electron chi connectivity index (χ4n) is 2.13. The van der Waals surface area contributed by atoms with Gasteiger partial charge in [-0.25, -0.2) is 0 Å². The summed E-state index contributed by atoms with van der Waals surface area (Å²) >= 11 is 0. The number of aromatic nitrogens is 1. The van der Waals surface area contributed by atoms with Crippen LogP contribution in [-0.4, -0.2) is 16.9 Å². The molecule has 0 aliphatic rings. The largest absolute Gasteiger partial charge is 0.389 e. The molecular weight excluding hydrogens is 255 g/mol. The van der Waals surface area contributed by atoms with E-state index in [0.717, 1.165) is 17.5 Å². The van der Waals surface area contributed by atoms with Gasteiger partial charge in [-0.05, 0) is 12.0 Å². The van der Waals surface area contributed by atoms with Gasteiger partial charge in [0, 0.05) is 29.1 Å². The molecule has 0 saturated heterocycles. The summed E-state index contributed by atoms with van der Waals surface area (Å²) in [7, 11) is 0. The number of nitrogens with one attached hydrogen (secondary N) is 1. The summed E-state index contributed by atoms with van der Waals surface area (Å²) in [4.78, 5) is 14.8. The van der Waals surface area contributed by atoms with E-state index in [4.69, 9.17) is 0 Å². The Labute approximate surface area is 108 Å². The van der Waals surface area contributed by atoms with Gasteiger partial charge in [-0.1, -0.05) is 25.1 Å². The van der Waals surface area contributed by atoms with Crippen LogP contribution in [-0.2, 0) is 6.42 Å². The lowest BCUT2D eigenvalue weighted by molar-refractivity contribution is -0.133. The van der Waals surface area contributed by atoms with Crippen LogP contribution in [0.4, 0.5) is 13.2 Å². The lowest BCUT2D eigenvalue weighted by atomic mass is 10.0. The third-order valence-corrected chi connectivity index (χ3v) is 3.12. The summed E-state index contributed by atoms with van der Waals surface area (Å²) in [6, 6.07) is 5.50. The fraction of sp³-hybridized carbons (Fsp3) is 0.357. The number of carbonyl (C=O) groups is 1. The van der Waals surface area contributed by atoms with Crippen LogP contribution < -0.4 is 0 Å². The molecule has 0 amide bonds. The van der Waals surface area contributed by atoms with Crippen molar-refractivity contribution in [1.29, 1.82) is 0 Å². The summed E-state index contributed by atoms with van der Waals surface area (Å²) in [6.07, 6.45) is -3.58. The predicted molar refractivity (Wildman–Crippen MR) is 67.3 cm³/mol. The minimum Gasteiger partial charge on any atom is -0.360 e. The van der Waals surface area contributed by atoms with Crippen molar-refractivity contribution in [3.05, 3.63) is 35.5 Å². The van der Waals surface area contributed by atoms with Gasteiger partial charge in [-0.3, -0.25) is 4.79 Å². The average Bonchev–Trinajstić information content (AvgIpc) is 2.78. The Bertz CT molecular complexity index is 598. The fourth-order valence-corrected chi connectivity index (χ4v) is 2.13. The van der Waals surface area contributed by atoms with Gasteiger partial charge in [0.1, 0.15) is 0 Å². The third-order valence-electron chi connectivity index (χ3n) is 3.12. The van der Waals surface area contributed by atoms with Gasteiger partial charge in [0.15, 0.2) is 5.78 Å². The molecule has 1 heterocycles. The lowest BCUT2D eigenvalue weighted by Crippen LogP contribution is -2.10. The number of Topliss-reactive ketones (excluding diaryl/α,β-unsaturated/α-hetero) is 1. The number of fused-ring (bicyclic) bond motifs is 1. The molecule has 0 bridgehead atoms. The molecule has 0 atom stereocenters. The van der Waals surface area contributed by atoms with Crippen molar-refractivity contribution in [1.82, 2.24) is 4.98 Å². The third kappa shape index (κ3) is 2.97. The second kappa shape index (κ2) is 5.07. The lowest BCUT2D eigenvalue weighted by Gasteiger charge is -2.05. The van der Waals surface area contributed by atoms with Crippen LogP contribution in [0.2, 0.25) is 0 Å². The monoisotopic (exact) mass is 269 g/mol. The molecule has 5 heteroatoms. The van der Waals surface area contributed by atoms with Crippen LogP contribution in [0, 0.1) is 0 Å². The number of H-pyrrole nitrogens is 1. The Kier molecular flexibility index (Phi) is 3.64. The molecule has 2 aromatic rings. The molecule has 0 spiro atoms. The van der Waals surface area contributed by atoms with Crippen LogP contribution in [0.15, 0.2) is 24.4 Å². The molecule has 0 saturated carbocycles. The topological polar surface area (TPSA) is 32.9 Å². The molecule has 2 nitrogen and oxygen atoms in total. The standard InChI is InChI=1S/C14H14F3NO/c1-2-9-4-3-5-10-11(8-18-13(9)10)12(19)6-7-14(15,16)17/h3-5,8,18H,2,6-7H2,1H3. The highest BCUT2D eigenvalue weighted by atomic mass is 19.4. The number of hydrogen-bond acceptors (Lipinski definition) is 1. The molecule has 1 aromatic heterocycles. The summed E-state index contributed by atoms with van der Waals surface area (Å²) in [6.45, 7) is 1.99. The smallest absolute Gasteiger partial charge is 0.360 e. The van der Waals surface area contributed by atoms with Gasteiger partial charge in [0.05, 0.1) is 6.42 Å². The van der Waals surface area contributed by atoms with Crippen LogP contribution >= 0.6 is 0 Å². The number of para-hydroxylation sites is 1. The molecule has 0 aliphatic carbocycles. The molecule has 102 valence electrons. The predicted octanol–water partition coefficient (Wildman–Crippen LogP) is 4.26. The zero-order chi connectivity index (χ0) is 14.0. The minimum atomic E-state index is -4.30. The normalized spacial score (nSPS) is 12.0. The minimum absolute atomic E-state index is 0.342. The Balaban J connectivity index is 2.28. The molecule has 0 radical (unpaired) electrons. The van der Waals surface area contributed by atoms with Crippen molar-refractivity contribution in [3.63, 3.8) is 0 Å². The SMILES string of the molecule is CCc1cccc2c(C(=O)CCC(F)(F)F)c[nH]c12. The number of aryl methyl sites for hydroxylation is 1. The first-order valence-electron chi connectivity index (χ1n) is 6.11. The number of alkyl halides is 3. The second-order valence-electron chi connectivity index (χ2n) is 4.43. The molecule has 0 aliphatic heterocycles. The molecule has 1 aromatic carbocycles. The Morgan fingerprint density at radius 1 is 1.32 bits per heavy atom. The highest BCUT2D eigenvalue weighted by Gasteiger charge is 2.28. The van der Waals surface area contributed by atoms with Gasteiger partial charge < -0.3 is 4.98 Å². The van der Waals surface area contributed by atoms with Crippen molar-refractivity contribution in [2.45, 2.75) is 32.4 Å². The first kappa shape index (κ1) is 13.6. The van der Waals surface area contributed by atoms with Crippen molar-refractivity contribution < 1.29 is 18.0 Å². The van der Waals surface area contributed by atoms with E-state index in [1.807, 2.05) is 19.1 Å². The summed E-state index contributed by atoms with van der Waals surface area (Å²) in [5, 5.41) is 0.700. The van der Waals surface area contributed by atoms with E-state index in [9.17, 15) is 18.0 Å². The van der Waals surface area contributed by atoms with E-state index in [2.05, 4.69) is 4.98 Å². The van der Waals surface area contributed by atoms with Gasteiger partial charge in [-0.15, -0.1) is 0 Å². The van der Waals surface area contributed by atoms with E-state index in [1.165, 1.54) is 6.20 Å². The van der Waals surface area contributed by atoms with Crippen molar-refractivity contribution in [2.75, 3.05) is 0 Å². The van der Waals surface area contributed by atoms with Crippen LogP contribution in [0.25, 0.3) is 10.9 Å². The van der Waals surface area contributed by atoms with Crippen LogP contribution in [0.5, 0.6) is 0 Å². The summed E-state index contributed by atoms with van der Waals surface area (Å²) in [5.74, 6) is -0.475. The Hall–Kier alpha value is -1.78. The zero-order valence-corrected chi connectivity index (χ0v) is 10.5. The van der Waals surface area contributed by atoms with E-state index >= 15 is 0 Å². The highest BCUT2D eigenvalue weighted by Crippen LogP contribution is 2.26. The summed E-state index contributed by atoms with van der Waals surface area (Å²) < 4.78 is 36.4. The number of aromatic amines is 1. The quantitative estimate of drug-likeness (QED) is 0.827. The first-order chi connectivity index (χ1) is 8.92. The molecular formula is C14H14F3NO. The molecule has 2 rings (SSSR count). The molecule has 0 unspecified atom stereocenters. The maximum atomic E-state index is 12.1. The molecule has 0 fully saturated rings. The average molecular weight is 269 g/mol. The zero-order valence-electron chi connectivity index (χ0n) is 10.5. The van der Waals surface area contributed by atoms with Crippen molar-refractivity contribution in [2.24, 2.45) is 0 Å². The number of carbonyl (C=O) groups excluding carboxylic acids is 1. The van der Waals surface area contributed by atoms with Crippen molar-refractivity contribution >= 4 is 16.7 Å². The number of benzene rings is 1. The maximum Gasteiger partial charge on any atom is 0.389 e. The maximum absolute atomic E-state index is 12.1.